The van der Waals surface area contributed by atoms with Crippen LogP contribution in [0.3, 0.4) is 0 Å². The van der Waals surface area contributed by atoms with Gasteiger partial charge in [-0.15, -0.1) is 0 Å². The second-order valence-electron chi connectivity index (χ2n) is 6.77. The normalized spacial score (nSPS) is 13.5. The van der Waals surface area contributed by atoms with Crippen molar-refractivity contribution in [2.45, 2.75) is 0 Å². The van der Waals surface area contributed by atoms with Gasteiger partial charge >= 0.3 is 0 Å². The Hall–Kier alpha value is -4.20. The molecule has 0 fully saturated rings. The first-order valence-corrected chi connectivity index (χ1v) is 9.29. The lowest BCUT2D eigenvalue weighted by Gasteiger charge is -2.10. The van der Waals surface area contributed by atoms with Crippen LogP contribution in [-0.2, 0) is 4.79 Å². The predicted molar refractivity (Wildman–Crippen MR) is 118 cm³/mol. The van der Waals surface area contributed by atoms with Crippen molar-refractivity contribution < 1.29 is 14.4 Å². The second-order valence-corrected chi connectivity index (χ2v) is 6.77. The molecule has 7 nitrogen and oxygen atoms in total. The molecule has 1 aliphatic heterocycles. The summed E-state index contributed by atoms with van der Waals surface area (Å²) in [6.45, 7) is 0. The third kappa shape index (κ3) is 3.84. The summed E-state index contributed by atoms with van der Waals surface area (Å²) in [7, 11) is 1.91. The first-order chi connectivity index (χ1) is 14.5. The van der Waals surface area contributed by atoms with Gasteiger partial charge in [0.15, 0.2) is 5.71 Å². The third-order valence-electron chi connectivity index (χ3n) is 4.62. The minimum Gasteiger partial charge on any atom is -0.321 e. The van der Waals surface area contributed by atoms with Crippen molar-refractivity contribution in [3.05, 3.63) is 89.5 Å². The van der Waals surface area contributed by atoms with Crippen LogP contribution in [0, 0.1) is 0 Å². The third-order valence-corrected chi connectivity index (χ3v) is 4.62. The van der Waals surface area contributed by atoms with E-state index in [4.69, 9.17) is 0 Å². The number of para-hydroxylation sites is 1. The van der Waals surface area contributed by atoms with E-state index in [-0.39, 0.29) is 23.1 Å². The lowest BCUT2D eigenvalue weighted by Crippen LogP contribution is -2.25. The number of carbonyl (C=O) groups excluding carboxylic acids is 3. The molecular formula is C22H17BN4O3. The number of hydrazone groups is 1. The van der Waals surface area contributed by atoms with E-state index in [1.807, 2.05) is 26.0 Å². The molecule has 3 aromatic rings. The van der Waals surface area contributed by atoms with E-state index in [1.165, 1.54) is 0 Å². The number of carbonyl (C=O) groups is 3. The molecule has 0 unspecified atom stereocenters. The van der Waals surface area contributed by atoms with Crippen LogP contribution in [0.25, 0.3) is 0 Å². The van der Waals surface area contributed by atoms with Gasteiger partial charge in [0.2, 0.25) is 0 Å². The summed E-state index contributed by atoms with van der Waals surface area (Å²) in [5.41, 5.74) is 5.85. The largest absolute Gasteiger partial charge is 0.321 e. The minimum absolute atomic E-state index is 0.132. The van der Waals surface area contributed by atoms with Crippen molar-refractivity contribution in [1.29, 1.82) is 0 Å². The van der Waals surface area contributed by atoms with E-state index in [1.54, 1.807) is 54.6 Å². The zero-order valence-electron chi connectivity index (χ0n) is 16.1. The number of hydrogen-bond donors (Lipinski definition) is 3. The Kier molecular flexibility index (Phi) is 5.13. The second kappa shape index (κ2) is 8.04. The van der Waals surface area contributed by atoms with Crippen LogP contribution in [0.15, 0.2) is 77.9 Å². The van der Waals surface area contributed by atoms with Gasteiger partial charge < -0.3 is 10.6 Å². The molecule has 1 aliphatic rings. The smallest absolute Gasteiger partial charge is 0.276 e. The highest BCUT2D eigenvalue weighted by Gasteiger charge is 2.26. The van der Waals surface area contributed by atoms with Gasteiger partial charge in [-0.2, -0.15) is 5.10 Å². The number of nitrogens with one attached hydrogen (secondary N) is 3. The fourth-order valence-electron chi connectivity index (χ4n) is 3.12. The minimum atomic E-state index is -0.541. The first kappa shape index (κ1) is 19.1. The van der Waals surface area contributed by atoms with Gasteiger partial charge in [-0.25, -0.2) is 5.43 Å². The van der Waals surface area contributed by atoms with E-state index >= 15 is 0 Å². The fraction of sp³-hybridized carbons (Fsp3) is 0. The van der Waals surface area contributed by atoms with Crippen LogP contribution < -0.4 is 21.5 Å². The summed E-state index contributed by atoms with van der Waals surface area (Å²) >= 11 is 0. The van der Waals surface area contributed by atoms with E-state index in [0.717, 1.165) is 5.46 Å². The molecule has 0 saturated carbocycles. The Morgan fingerprint density at radius 3 is 2.43 bits per heavy atom. The number of hydrogen-bond acceptors (Lipinski definition) is 4. The fourth-order valence-corrected chi connectivity index (χ4v) is 3.12. The van der Waals surface area contributed by atoms with Crippen molar-refractivity contribution in [3.63, 3.8) is 0 Å². The van der Waals surface area contributed by atoms with Gasteiger partial charge in [-0.3, -0.25) is 14.4 Å². The Morgan fingerprint density at radius 2 is 1.63 bits per heavy atom. The Labute approximate surface area is 173 Å². The van der Waals surface area contributed by atoms with Gasteiger partial charge in [0.1, 0.15) is 7.85 Å². The van der Waals surface area contributed by atoms with Crippen molar-refractivity contribution in [3.8, 4) is 0 Å². The zero-order chi connectivity index (χ0) is 21.1. The topological polar surface area (TPSA) is 99.7 Å². The molecule has 3 N–H and O–H groups in total. The van der Waals surface area contributed by atoms with Gasteiger partial charge in [0, 0.05) is 11.1 Å². The quantitative estimate of drug-likeness (QED) is 0.458. The number of benzene rings is 3. The number of rotatable bonds is 4. The lowest BCUT2D eigenvalue weighted by molar-refractivity contribution is -0.110. The van der Waals surface area contributed by atoms with Crippen LogP contribution in [0.4, 0.5) is 11.4 Å². The van der Waals surface area contributed by atoms with Gasteiger partial charge in [-0.05, 0) is 30.3 Å². The van der Waals surface area contributed by atoms with Crippen LogP contribution in [-0.4, -0.2) is 31.3 Å². The predicted octanol–water partition coefficient (Wildman–Crippen LogP) is 1.28. The van der Waals surface area contributed by atoms with Gasteiger partial charge in [0.25, 0.3) is 17.7 Å². The van der Waals surface area contributed by atoms with E-state index < -0.39 is 5.91 Å². The molecule has 30 heavy (non-hydrogen) atoms. The van der Waals surface area contributed by atoms with Crippen LogP contribution >= 0.6 is 0 Å². The SMILES string of the molecule is Bc1ccc2c(c1)/C(=N\NC(=O)c1ccccc1NC(=O)c1ccccc1)C(=O)N2. The molecule has 0 aromatic heterocycles. The van der Waals surface area contributed by atoms with Crippen LogP contribution in [0.5, 0.6) is 0 Å². The molecule has 4 rings (SSSR count). The number of nitrogens with zero attached hydrogens (tertiary/aromatic N) is 1. The molecular weight excluding hydrogens is 379 g/mol. The summed E-state index contributed by atoms with van der Waals surface area (Å²) in [5, 5.41) is 9.49. The molecule has 0 atom stereocenters. The molecule has 1 heterocycles. The molecule has 0 spiro atoms. The Morgan fingerprint density at radius 1 is 0.900 bits per heavy atom. The average molecular weight is 396 g/mol. The molecule has 146 valence electrons. The maximum atomic E-state index is 12.7. The molecule has 3 amide bonds. The Balaban J connectivity index is 1.55. The Bertz CT molecular complexity index is 1190. The summed E-state index contributed by atoms with van der Waals surface area (Å²) < 4.78 is 0. The maximum Gasteiger partial charge on any atom is 0.276 e. The molecule has 0 bridgehead atoms. The summed E-state index contributed by atoms with van der Waals surface area (Å²) in [4.78, 5) is 37.4. The van der Waals surface area contributed by atoms with Crippen LogP contribution in [0.2, 0.25) is 0 Å². The standard InChI is InChI=1S/C22H17BN4O3/c23-14-10-11-18-16(12-14)19(22(30)25-18)26-27-21(29)15-8-4-5-9-17(15)24-20(28)13-6-2-1-3-7-13/h1-12H,23H2,(H,24,28)(H,27,29)(H,25,26,30). The van der Waals surface area contributed by atoms with E-state index in [0.29, 0.717) is 22.5 Å². The molecule has 0 saturated heterocycles. The van der Waals surface area contributed by atoms with Gasteiger partial charge in [-0.1, -0.05) is 47.9 Å². The summed E-state index contributed by atoms with van der Waals surface area (Å²) in [6.07, 6.45) is 0. The van der Waals surface area contributed by atoms with Crippen molar-refractivity contribution in [1.82, 2.24) is 5.43 Å². The summed E-state index contributed by atoms with van der Waals surface area (Å²) in [6, 6.07) is 20.8. The molecule has 3 aromatic carbocycles. The zero-order valence-corrected chi connectivity index (χ0v) is 16.1. The molecule has 8 heteroatoms. The van der Waals surface area contributed by atoms with Crippen molar-refractivity contribution >= 4 is 48.1 Å². The van der Waals surface area contributed by atoms with E-state index in [9.17, 15) is 14.4 Å². The highest BCUT2D eigenvalue weighted by atomic mass is 16.2. The average Bonchev–Trinajstić information content (AvgIpc) is 3.07. The number of fused-ring (bicyclic) bond motifs is 1. The monoisotopic (exact) mass is 396 g/mol. The molecule has 0 aliphatic carbocycles. The van der Waals surface area contributed by atoms with Crippen molar-refractivity contribution in [2.24, 2.45) is 5.10 Å². The lowest BCUT2D eigenvalue weighted by atomic mass is 9.93. The number of anilines is 2. The highest BCUT2D eigenvalue weighted by Crippen LogP contribution is 2.22. The van der Waals surface area contributed by atoms with Gasteiger partial charge in [0.05, 0.1) is 16.9 Å². The number of amides is 3. The summed E-state index contributed by atoms with van der Waals surface area (Å²) in [5.74, 6) is -1.26. The molecule has 0 radical (unpaired) electrons. The van der Waals surface area contributed by atoms with Crippen molar-refractivity contribution in [2.75, 3.05) is 10.6 Å². The maximum absolute atomic E-state index is 12.7. The van der Waals surface area contributed by atoms with E-state index in [2.05, 4.69) is 21.2 Å². The highest BCUT2D eigenvalue weighted by molar-refractivity contribution is 6.54. The first-order valence-electron chi connectivity index (χ1n) is 9.29. The van der Waals surface area contributed by atoms with Crippen LogP contribution in [0.1, 0.15) is 26.3 Å².